The van der Waals surface area contributed by atoms with Crippen molar-refractivity contribution in [1.82, 2.24) is 19.5 Å². The zero-order chi connectivity index (χ0) is 23.2. The molecule has 10 nitrogen and oxygen atoms in total. The Labute approximate surface area is 189 Å². The third-order valence-electron chi connectivity index (χ3n) is 5.08. The van der Waals surface area contributed by atoms with Crippen molar-refractivity contribution in [2.45, 2.75) is 20.0 Å². The molecule has 168 valence electrons. The molecule has 0 spiro atoms. The van der Waals surface area contributed by atoms with E-state index in [2.05, 4.69) is 20.1 Å². The van der Waals surface area contributed by atoms with E-state index in [1.807, 2.05) is 60.8 Å². The van der Waals surface area contributed by atoms with Gasteiger partial charge in [-0.1, -0.05) is 36.4 Å². The summed E-state index contributed by atoms with van der Waals surface area (Å²) in [6, 6.07) is 17.5. The first-order valence-corrected chi connectivity index (χ1v) is 10.3. The van der Waals surface area contributed by atoms with E-state index in [4.69, 9.17) is 4.74 Å². The Bertz CT molecular complexity index is 1310. The lowest BCUT2D eigenvalue weighted by Crippen LogP contribution is -2.24. The number of ether oxygens (including phenoxy) is 1. The quantitative estimate of drug-likeness (QED) is 0.241. The van der Waals surface area contributed by atoms with E-state index in [0.29, 0.717) is 19.0 Å². The molecule has 1 amide bonds. The van der Waals surface area contributed by atoms with E-state index < -0.39 is 10.8 Å². The molecule has 0 atom stereocenters. The summed E-state index contributed by atoms with van der Waals surface area (Å²) in [5.74, 6) is 0.455. The lowest BCUT2D eigenvalue weighted by atomic mass is 10.2. The number of nitrogens with one attached hydrogen (secondary N) is 1. The average Bonchev–Trinajstić information content (AvgIpc) is 3.35. The fourth-order valence-electron chi connectivity index (χ4n) is 3.49. The van der Waals surface area contributed by atoms with E-state index in [0.717, 1.165) is 28.4 Å². The molecule has 0 saturated carbocycles. The van der Waals surface area contributed by atoms with E-state index in [-0.39, 0.29) is 12.4 Å². The SMILES string of the molecule is Cc1ncc([N+](=O)[O-])n1CC(=O)N/N=C\c1cn(CCOc2ccccc2)c2ccccc12. The first-order valence-electron chi connectivity index (χ1n) is 10.3. The van der Waals surface area contributed by atoms with Gasteiger partial charge in [0.05, 0.1) is 12.8 Å². The van der Waals surface area contributed by atoms with Crippen LogP contribution >= 0.6 is 0 Å². The minimum atomic E-state index is -0.576. The molecule has 0 aliphatic rings. The second-order valence-corrected chi connectivity index (χ2v) is 7.26. The maximum Gasteiger partial charge on any atom is 0.343 e. The number of benzene rings is 2. The van der Waals surface area contributed by atoms with Gasteiger partial charge in [-0.3, -0.25) is 4.79 Å². The number of imidazole rings is 1. The highest BCUT2D eigenvalue weighted by atomic mass is 16.6. The predicted octanol–water partition coefficient (Wildman–Crippen LogP) is 3.28. The van der Waals surface area contributed by atoms with E-state index in [1.54, 1.807) is 13.1 Å². The van der Waals surface area contributed by atoms with Crippen molar-refractivity contribution in [2.24, 2.45) is 5.10 Å². The average molecular weight is 446 g/mol. The summed E-state index contributed by atoms with van der Waals surface area (Å²) >= 11 is 0. The number of carbonyl (C=O) groups is 1. The van der Waals surface area contributed by atoms with Gasteiger partial charge < -0.3 is 19.4 Å². The van der Waals surface area contributed by atoms with Crippen LogP contribution in [0.1, 0.15) is 11.4 Å². The first kappa shape index (κ1) is 21.8. The summed E-state index contributed by atoms with van der Waals surface area (Å²) in [7, 11) is 0. The minimum absolute atomic E-state index is 0.243. The van der Waals surface area contributed by atoms with Crippen LogP contribution in [0.3, 0.4) is 0 Å². The predicted molar refractivity (Wildman–Crippen MR) is 123 cm³/mol. The number of hydrazone groups is 1. The third kappa shape index (κ3) is 5.06. The highest BCUT2D eigenvalue weighted by Gasteiger charge is 2.20. The van der Waals surface area contributed by atoms with Gasteiger partial charge in [0.2, 0.25) is 0 Å². The van der Waals surface area contributed by atoms with E-state index >= 15 is 0 Å². The lowest BCUT2D eigenvalue weighted by Gasteiger charge is -2.08. The van der Waals surface area contributed by atoms with Crippen molar-refractivity contribution < 1.29 is 14.5 Å². The van der Waals surface area contributed by atoms with Crippen LogP contribution in [0.5, 0.6) is 5.75 Å². The number of aromatic nitrogens is 3. The van der Waals surface area contributed by atoms with Crippen LogP contribution in [0.15, 0.2) is 72.1 Å². The van der Waals surface area contributed by atoms with Gasteiger partial charge in [-0.25, -0.2) is 15.0 Å². The highest BCUT2D eigenvalue weighted by molar-refractivity contribution is 5.99. The van der Waals surface area contributed by atoms with Crippen molar-refractivity contribution in [1.29, 1.82) is 0 Å². The van der Waals surface area contributed by atoms with Gasteiger partial charge in [-0.15, -0.1) is 0 Å². The van der Waals surface area contributed by atoms with Gasteiger partial charge >= 0.3 is 5.82 Å². The number of rotatable bonds is 9. The molecule has 0 saturated heterocycles. The number of amides is 1. The highest BCUT2D eigenvalue weighted by Crippen LogP contribution is 2.20. The molecule has 0 fully saturated rings. The van der Waals surface area contributed by atoms with Crippen LogP contribution in [-0.2, 0) is 17.9 Å². The Morgan fingerprint density at radius 2 is 1.97 bits per heavy atom. The summed E-state index contributed by atoms with van der Waals surface area (Å²) in [5, 5.41) is 16.1. The molecule has 10 heteroatoms. The Kier molecular flexibility index (Phi) is 6.44. The molecule has 4 rings (SSSR count). The van der Waals surface area contributed by atoms with Gasteiger partial charge in [0, 0.05) is 29.6 Å². The standard InChI is InChI=1S/C23H22N6O4/c1-17-24-14-23(29(31)32)28(17)16-22(30)26-25-13-18-15-27(21-10-6-5-9-20(18)21)11-12-33-19-7-3-2-4-8-19/h2-10,13-15H,11-12,16H2,1H3,(H,26,30)/b25-13-. The molecule has 0 aliphatic heterocycles. The number of aryl methyl sites for hydroxylation is 1. The molecule has 4 aromatic rings. The lowest BCUT2D eigenvalue weighted by molar-refractivity contribution is -0.392. The molecule has 2 aromatic carbocycles. The summed E-state index contributed by atoms with van der Waals surface area (Å²) in [5.41, 5.74) is 4.28. The summed E-state index contributed by atoms with van der Waals surface area (Å²) in [6.45, 7) is 2.48. The van der Waals surface area contributed by atoms with Crippen LogP contribution in [0.25, 0.3) is 10.9 Å². The number of fused-ring (bicyclic) bond motifs is 1. The molecule has 0 aliphatic carbocycles. The van der Waals surface area contributed by atoms with Gasteiger partial charge in [0.1, 0.15) is 18.6 Å². The number of nitro groups is 1. The molecule has 2 heterocycles. The summed E-state index contributed by atoms with van der Waals surface area (Å²) in [4.78, 5) is 26.6. The van der Waals surface area contributed by atoms with Crippen LogP contribution in [0.4, 0.5) is 5.82 Å². The smallest absolute Gasteiger partial charge is 0.343 e. The van der Waals surface area contributed by atoms with Gasteiger partial charge in [-0.05, 0) is 23.1 Å². The van der Waals surface area contributed by atoms with Crippen LogP contribution in [0.2, 0.25) is 0 Å². The first-order chi connectivity index (χ1) is 16.0. The fourth-order valence-corrected chi connectivity index (χ4v) is 3.49. The Morgan fingerprint density at radius 1 is 1.21 bits per heavy atom. The Hall–Kier alpha value is -4.47. The maximum absolute atomic E-state index is 12.3. The van der Waals surface area contributed by atoms with Gasteiger partial charge in [-0.2, -0.15) is 5.10 Å². The molecule has 0 bridgehead atoms. The number of nitrogens with zero attached hydrogens (tertiary/aromatic N) is 5. The monoisotopic (exact) mass is 446 g/mol. The van der Waals surface area contributed by atoms with Crippen LogP contribution < -0.4 is 10.2 Å². The van der Waals surface area contributed by atoms with Crippen molar-refractivity contribution in [2.75, 3.05) is 6.61 Å². The number of carbonyl (C=O) groups excluding carboxylic acids is 1. The van der Waals surface area contributed by atoms with Crippen molar-refractivity contribution in [3.63, 3.8) is 0 Å². The van der Waals surface area contributed by atoms with Crippen LogP contribution in [0, 0.1) is 17.0 Å². The van der Waals surface area contributed by atoms with Crippen molar-refractivity contribution >= 4 is 28.8 Å². The fraction of sp³-hybridized carbons (Fsp3) is 0.174. The molecular formula is C23H22N6O4. The minimum Gasteiger partial charge on any atom is -0.492 e. The second kappa shape index (κ2) is 9.77. The van der Waals surface area contributed by atoms with E-state index in [9.17, 15) is 14.9 Å². The number of para-hydroxylation sites is 2. The van der Waals surface area contributed by atoms with Gasteiger partial charge in [0.15, 0.2) is 12.4 Å². The normalized spacial score (nSPS) is 11.2. The largest absolute Gasteiger partial charge is 0.492 e. The number of hydrogen-bond donors (Lipinski definition) is 1. The second-order valence-electron chi connectivity index (χ2n) is 7.26. The zero-order valence-electron chi connectivity index (χ0n) is 17.9. The molecule has 2 aromatic heterocycles. The third-order valence-corrected chi connectivity index (χ3v) is 5.08. The Morgan fingerprint density at radius 3 is 2.76 bits per heavy atom. The topological polar surface area (TPSA) is 117 Å². The molecule has 0 unspecified atom stereocenters. The summed E-state index contributed by atoms with van der Waals surface area (Å²) in [6.07, 6.45) is 4.63. The Balaban J connectivity index is 1.42. The maximum atomic E-state index is 12.3. The van der Waals surface area contributed by atoms with Gasteiger partial charge in [0.25, 0.3) is 5.91 Å². The van der Waals surface area contributed by atoms with Crippen LogP contribution in [-0.4, -0.2) is 37.8 Å². The van der Waals surface area contributed by atoms with E-state index in [1.165, 1.54) is 4.57 Å². The van der Waals surface area contributed by atoms with Crippen molar-refractivity contribution in [3.8, 4) is 5.75 Å². The molecule has 33 heavy (non-hydrogen) atoms. The molecule has 0 radical (unpaired) electrons. The van der Waals surface area contributed by atoms with Crippen molar-refractivity contribution in [3.05, 3.63) is 88.5 Å². The zero-order valence-corrected chi connectivity index (χ0v) is 17.9. The summed E-state index contributed by atoms with van der Waals surface area (Å²) < 4.78 is 9.09. The molecule has 1 N–H and O–H groups in total. The molecular weight excluding hydrogens is 424 g/mol. The number of hydrogen-bond acceptors (Lipinski definition) is 6.